The van der Waals surface area contributed by atoms with Crippen molar-refractivity contribution >= 4 is 33.7 Å². The molecule has 4 atom stereocenters. The van der Waals surface area contributed by atoms with Crippen molar-refractivity contribution in [2.75, 3.05) is 0 Å². The van der Waals surface area contributed by atoms with Crippen molar-refractivity contribution < 1.29 is 4.74 Å². The molecule has 1 nitrogen and oxygen atoms in total. The molecule has 1 aliphatic heterocycles. The fourth-order valence-electron chi connectivity index (χ4n) is 8.73. The molecule has 0 N–H and O–H groups in total. The summed E-state index contributed by atoms with van der Waals surface area (Å²) >= 11 is 0. The van der Waals surface area contributed by atoms with E-state index in [9.17, 15) is 0 Å². The maximum atomic E-state index is 6.95. The molecule has 224 valence electrons. The lowest BCUT2D eigenvalue weighted by molar-refractivity contribution is 0.240. The van der Waals surface area contributed by atoms with E-state index in [0.717, 1.165) is 43.6 Å². The van der Waals surface area contributed by atoms with Crippen LogP contribution in [0, 0.1) is 17.8 Å². The zero-order valence-corrected chi connectivity index (χ0v) is 26.1. The van der Waals surface area contributed by atoms with Gasteiger partial charge in [-0.25, -0.2) is 0 Å². The summed E-state index contributed by atoms with van der Waals surface area (Å²) in [6.07, 6.45) is 26.8. The van der Waals surface area contributed by atoms with Crippen molar-refractivity contribution in [3.05, 3.63) is 162 Å². The Morgan fingerprint density at radius 2 is 1.50 bits per heavy atom. The number of rotatable bonds is 2. The van der Waals surface area contributed by atoms with Crippen LogP contribution in [0.15, 0.2) is 139 Å². The van der Waals surface area contributed by atoms with Gasteiger partial charge in [-0.1, -0.05) is 127 Å². The van der Waals surface area contributed by atoms with Crippen molar-refractivity contribution in [1.82, 2.24) is 0 Å². The quantitative estimate of drug-likeness (QED) is 0.198. The Morgan fingerprint density at radius 3 is 2.43 bits per heavy atom. The number of benzene rings is 5. The van der Waals surface area contributed by atoms with E-state index in [1.807, 2.05) is 0 Å². The van der Waals surface area contributed by atoms with E-state index in [-0.39, 0.29) is 11.8 Å². The number of fused-ring (bicyclic) bond motifs is 7. The topological polar surface area (TPSA) is 9.23 Å². The molecule has 46 heavy (non-hydrogen) atoms. The van der Waals surface area contributed by atoms with E-state index >= 15 is 0 Å². The molecular weight excluding hydrogens is 556 g/mol. The van der Waals surface area contributed by atoms with Gasteiger partial charge in [0.15, 0.2) is 0 Å². The van der Waals surface area contributed by atoms with Crippen LogP contribution in [-0.2, 0) is 6.42 Å². The molecule has 0 saturated heterocycles. The molecule has 1 heterocycles. The summed E-state index contributed by atoms with van der Waals surface area (Å²) in [5.41, 5.74) is 8.27. The van der Waals surface area contributed by atoms with Crippen LogP contribution in [0.5, 0.6) is 5.75 Å². The first-order valence-corrected chi connectivity index (χ1v) is 17.0. The second kappa shape index (κ2) is 11.5. The Morgan fingerprint density at radius 1 is 0.696 bits per heavy atom. The van der Waals surface area contributed by atoms with Crippen LogP contribution in [0.3, 0.4) is 0 Å². The first-order chi connectivity index (χ1) is 22.8. The minimum atomic E-state index is 0.248. The van der Waals surface area contributed by atoms with E-state index in [4.69, 9.17) is 4.74 Å². The minimum absolute atomic E-state index is 0.248. The Bertz CT molecular complexity index is 2140. The van der Waals surface area contributed by atoms with Gasteiger partial charge in [-0.3, -0.25) is 0 Å². The Hall–Kier alpha value is -4.88. The summed E-state index contributed by atoms with van der Waals surface area (Å²) < 4.78 is 6.95. The first kappa shape index (κ1) is 27.4. The Kier molecular flexibility index (Phi) is 6.85. The third kappa shape index (κ3) is 4.69. The highest BCUT2D eigenvalue weighted by molar-refractivity contribution is 6.05. The minimum Gasteiger partial charge on any atom is -0.461 e. The van der Waals surface area contributed by atoms with E-state index in [2.05, 4.69) is 146 Å². The molecule has 0 radical (unpaired) electrons. The average Bonchev–Trinajstić information content (AvgIpc) is 3.34. The predicted octanol–water partition coefficient (Wildman–Crippen LogP) is 11.9. The number of para-hydroxylation sites is 1. The van der Waals surface area contributed by atoms with Crippen LogP contribution in [0.4, 0.5) is 0 Å². The molecule has 0 saturated carbocycles. The summed E-state index contributed by atoms with van der Waals surface area (Å²) in [7, 11) is 0. The van der Waals surface area contributed by atoms with Gasteiger partial charge in [0, 0.05) is 17.4 Å². The molecule has 9 rings (SSSR count). The third-order valence-electron chi connectivity index (χ3n) is 10.8. The normalized spacial score (nSPS) is 23.2. The lowest BCUT2D eigenvalue weighted by atomic mass is 9.72. The summed E-state index contributed by atoms with van der Waals surface area (Å²) in [4.78, 5) is 0. The maximum absolute atomic E-state index is 6.95. The first-order valence-electron chi connectivity index (χ1n) is 17.0. The van der Waals surface area contributed by atoms with Gasteiger partial charge in [-0.2, -0.15) is 0 Å². The van der Waals surface area contributed by atoms with Gasteiger partial charge in [0.1, 0.15) is 11.5 Å². The monoisotopic (exact) mass is 594 g/mol. The molecule has 1 heteroatoms. The van der Waals surface area contributed by atoms with Crippen molar-refractivity contribution in [3.8, 4) is 16.9 Å². The molecule has 0 fully saturated rings. The van der Waals surface area contributed by atoms with E-state index in [1.165, 1.54) is 54.9 Å². The zero-order valence-electron chi connectivity index (χ0n) is 26.1. The molecule has 5 aromatic rings. The number of allylic oxidation sites excluding steroid dienone is 7. The second-order valence-corrected chi connectivity index (χ2v) is 13.4. The zero-order chi connectivity index (χ0) is 30.5. The molecule has 0 aromatic heterocycles. The summed E-state index contributed by atoms with van der Waals surface area (Å²) in [6, 6.07) is 33.4. The van der Waals surface area contributed by atoms with Crippen LogP contribution >= 0.6 is 0 Å². The van der Waals surface area contributed by atoms with Gasteiger partial charge < -0.3 is 4.74 Å². The highest BCUT2D eigenvalue weighted by Crippen LogP contribution is 2.50. The fourth-order valence-corrected chi connectivity index (χ4v) is 8.73. The number of ether oxygens (including phenoxy) is 1. The van der Waals surface area contributed by atoms with Crippen LogP contribution in [-0.4, -0.2) is 0 Å². The van der Waals surface area contributed by atoms with Gasteiger partial charge in [0.25, 0.3) is 0 Å². The van der Waals surface area contributed by atoms with Gasteiger partial charge in [-0.15, -0.1) is 0 Å². The van der Waals surface area contributed by atoms with Crippen molar-refractivity contribution in [1.29, 1.82) is 0 Å². The molecule has 3 aliphatic carbocycles. The molecular formula is C45H38O. The van der Waals surface area contributed by atoms with Crippen LogP contribution in [0.1, 0.15) is 53.9 Å². The predicted molar refractivity (Wildman–Crippen MR) is 194 cm³/mol. The molecule has 5 aromatic carbocycles. The van der Waals surface area contributed by atoms with Gasteiger partial charge >= 0.3 is 0 Å². The number of hydrogen-bond acceptors (Lipinski definition) is 1. The standard InChI is InChI=1S/C45H38O/c1-2-4-17-36-33(16-3-1)28-35(29-43-37(36)26-25-31-14-7-12-22-42(31)46-43)45-40-20-10-8-18-38(40)44(39-19-9-11-21-41(39)45)34-24-23-30-13-5-6-15-32(30)27-34/h1-10,12-15,18-20,22-27,29,33,35-37H,11,16-17,21,28H2/t33-,35?,36-,37-/m1/s1. The van der Waals surface area contributed by atoms with Gasteiger partial charge in [0.05, 0.1) is 0 Å². The summed E-state index contributed by atoms with van der Waals surface area (Å²) in [6.45, 7) is 0. The number of hydrogen-bond donors (Lipinski definition) is 0. The van der Waals surface area contributed by atoms with E-state index < -0.39 is 0 Å². The molecule has 0 spiro atoms. The fraction of sp³-hybridized carbons (Fsp3) is 0.200. The third-order valence-corrected chi connectivity index (χ3v) is 10.8. The van der Waals surface area contributed by atoms with Gasteiger partial charge in [-0.05, 0) is 112 Å². The van der Waals surface area contributed by atoms with Crippen LogP contribution in [0.25, 0.3) is 44.8 Å². The smallest absolute Gasteiger partial charge is 0.134 e. The Labute approximate surface area is 271 Å². The molecule has 0 amide bonds. The lowest BCUT2D eigenvalue weighted by Gasteiger charge is -2.32. The van der Waals surface area contributed by atoms with Crippen molar-refractivity contribution in [3.63, 3.8) is 0 Å². The maximum Gasteiger partial charge on any atom is 0.134 e. The average molecular weight is 595 g/mol. The van der Waals surface area contributed by atoms with Crippen molar-refractivity contribution in [2.24, 2.45) is 17.8 Å². The van der Waals surface area contributed by atoms with Gasteiger partial charge in [0.2, 0.25) is 0 Å². The lowest BCUT2D eigenvalue weighted by Crippen LogP contribution is -2.24. The molecule has 0 bridgehead atoms. The van der Waals surface area contributed by atoms with E-state index in [0.29, 0.717) is 11.8 Å². The summed E-state index contributed by atoms with van der Waals surface area (Å²) in [5, 5.41) is 5.31. The van der Waals surface area contributed by atoms with Crippen LogP contribution < -0.4 is 4.74 Å². The van der Waals surface area contributed by atoms with E-state index in [1.54, 1.807) is 0 Å². The highest BCUT2D eigenvalue weighted by atomic mass is 16.5. The van der Waals surface area contributed by atoms with Crippen molar-refractivity contribution in [2.45, 2.75) is 38.0 Å². The van der Waals surface area contributed by atoms with Crippen LogP contribution in [0.2, 0.25) is 0 Å². The second-order valence-electron chi connectivity index (χ2n) is 13.4. The highest BCUT2D eigenvalue weighted by Gasteiger charge is 2.38. The largest absolute Gasteiger partial charge is 0.461 e. The SMILES string of the molecule is C1=CC[C@@H]2CC(c3c4c(c(-c5ccc6ccccc6c5)c5ccccc35)C=CCC4)C=C3Oc4ccccc4C=C[C@@H]3[C@@H]2CC=C1. The Balaban J connectivity index is 1.28. The molecule has 4 aliphatic rings. The molecule has 1 unspecified atom stereocenters. The summed E-state index contributed by atoms with van der Waals surface area (Å²) in [5.74, 6) is 3.64.